The lowest BCUT2D eigenvalue weighted by Crippen LogP contribution is -2.58. The van der Waals surface area contributed by atoms with Gasteiger partial charge in [0.25, 0.3) is 0 Å². The second kappa shape index (κ2) is 10.5. The zero-order valence-corrected chi connectivity index (χ0v) is 25.9. The van der Waals surface area contributed by atoms with Gasteiger partial charge in [-0.3, -0.25) is 0 Å². The van der Waals surface area contributed by atoms with E-state index in [1.165, 1.54) is 11.8 Å². The molecule has 6 rings (SSSR count). The molecule has 2 bridgehead atoms. The highest BCUT2D eigenvalue weighted by Gasteiger charge is 2.56. The van der Waals surface area contributed by atoms with Crippen molar-refractivity contribution in [1.29, 1.82) is 0 Å². The molecule has 2 aromatic heterocycles. The maximum absolute atomic E-state index is 16.1. The SMILES string of the molecule is C[C@]12CCC[C@](C)(C1)[C@H](F)[C@H](N(c1cnc(-c3ccc(-c4cnnc(SC(S)(S)S)c4)cc3O)nn1)C1CC1)C2. The average Bonchev–Trinajstić information content (AvgIpc) is 3.72. The van der Waals surface area contributed by atoms with Gasteiger partial charge in [0.1, 0.15) is 16.9 Å². The third-order valence-corrected chi connectivity index (χ3v) is 10.1. The fraction of sp³-hybridized carbons (Fsp3) is 0.536. The van der Waals surface area contributed by atoms with Gasteiger partial charge < -0.3 is 10.0 Å². The summed E-state index contributed by atoms with van der Waals surface area (Å²) in [6.45, 7) is 4.45. The summed E-state index contributed by atoms with van der Waals surface area (Å²) in [6, 6.07) is 7.15. The van der Waals surface area contributed by atoms with Crippen LogP contribution in [0.4, 0.5) is 10.2 Å². The molecule has 3 fully saturated rings. The van der Waals surface area contributed by atoms with E-state index in [9.17, 15) is 5.11 Å². The maximum atomic E-state index is 16.1. The van der Waals surface area contributed by atoms with Gasteiger partial charge in [0.2, 0.25) is 0 Å². The number of hydrogen-bond donors (Lipinski definition) is 4. The third-order valence-electron chi connectivity index (χ3n) is 8.62. The van der Waals surface area contributed by atoms with Crippen LogP contribution in [0.1, 0.15) is 58.8 Å². The molecule has 3 aliphatic carbocycles. The Kier molecular flexibility index (Phi) is 7.45. The first-order chi connectivity index (χ1) is 18.9. The summed E-state index contributed by atoms with van der Waals surface area (Å²) in [4.78, 5) is 6.74. The number of thiol groups is 3. The molecule has 212 valence electrons. The normalized spacial score (nSPS) is 28.4. The summed E-state index contributed by atoms with van der Waals surface area (Å²) in [5, 5.41) is 28.5. The van der Waals surface area contributed by atoms with Crippen LogP contribution in [0.25, 0.3) is 22.5 Å². The van der Waals surface area contributed by atoms with Gasteiger partial charge in [-0.15, -0.1) is 53.2 Å². The second-order valence-corrected chi connectivity index (χ2v) is 17.4. The van der Waals surface area contributed by atoms with Gasteiger partial charge in [-0.2, -0.15) is 5.10 Å². The molecule has 0 spiro atoms. The molecule has 12 heteroatoms. The number of aromatic hydroxyl groups is 1. The minimum absolute atomic E-state index is 0.0221. The number of phenols is 1. The highest BCUT2D eigenvalue weighted by Crippen LogP contribution is 2.58. The summed E-state index contributed by atoms with van der Waals surface area (Å²) < 4.78 is 15.2. The molecule has 0 radical (unpaired) electrons. The Bertz CT molecular complexity index is 1400. The molecule has 7 nitrogen and oxygen atoms in total. The Morgan fingerprint density at radius 1 is 1.05 bits per heavy atom. The van der Waals surface area contributed by atoms with Gasteiger partial charge >= 0.3 is 0 Å². The van der Waals surface area contributed by atoms with Crippen LogP contribution in [0.3, 0.4) is 0 Å². The summed E-state index contributed by atoms with van der Waals surface area (Å²) in [7, 11) is 0. The van der Waals surface area contributed by atoms with E-state index >= 15 is 4.39 Å². The van der Waals surface area contributed by atoms with E-state index in [4.69, 9.17) is 0 Å². The molecule has 0 amide bonds. The smallest absolute Gasteiger partial charge is 0.185 e. The monoisotopic (exact) mass is 616 g/mol. The summed E-state index contributed by atoms with van der Waals surface area (Å²) in [5.74, 6) is 0.950. The number of benzene rings is 1. The van der Waals surface area contributed by atoms with Gasteiger partial charge in [-0.05, 0) is 67.7 Å². The fourth-order valence-electron chi connectivity index (χ4n) is 6.88. The first-order valence-corrected chi connectivity index (χ1v) is 15.7. The van der Waals surface area contributed by atoms with Crippen molar-refractivity contribution in [2.75, 3.05) is 4.90 Å². The molecule has 2 heterocycles. The van der Waals surface area contributed by atoms with Crippen LogP contribution in [0.15, 0.2) is 41.7 Å². The minimum Gasteiger partial charge on any atom is -0.507 e. The number of anilines is 1. The van der Waals surface area contributed by atoms with Crippen LogP contribution in [-0.4, -0.2) is 51.5 Å². The molecule has 0 aliphatic heterocycles. The minimum atomic E-state index is -0.911. The van der Waals surface area contributed by atoms with E-state index in [-0.39, 0.29) is 28.7 Å². The van der Waals surface area contributed by atoms with Crippen LogP contribution in [0, 0.1) is 10.8 Å². The lowest BCUT2D eigenvalue weighted by Gasteiger charge is -2.56. The quantitative estimate of drug-likeness (QED) is 0.130. The Balaban J connectivity index is 1.25. The molecular formula is C28H33FN6OS4. The van der Waals surface area contributed by atoms with Crippen LogP contribution >= 0.6 is 49.6 Å². The molecule has 40 heavy (non-hydrogen) atoms. The van der Waals surface area contributed by atoms with Crippen molar-refractivity contribution in [2.24, 2.45) is 10.8 Å². The van der Waals surface area contributed by atoms with Crippen LogP contribution < -0.4 is 4.90 Å². The van der Waals surface area contributed by atoms with Crippen molar-refractivity contribution >= 4 is 55.5 Å². The van der Waals surface area contributed by atoms with E-state index in [1.807, 2.05) is 12.1 Å². The van der Waals surface area contributed by atoms with Crippen molar-refractivity contribution in [2.45, 2.75) is 84.8 Å². The highest BCUT2D eigenvalue weighted by atomic mass is 32.3. The largest absolute Gasteiger partial charge is 0.507 e. The number of rotatable bonds is 7. The number of aromatic nitrogens is 5. The Hall–Kier alpha value is -1.76. The predicted molar refractivity (Wildman–Crippen MR) is 167 cm³/mol. The summed E-state index contributed by atoms with van der Waals surface area (Å²) >= 11 is 14.1. The lowest BCUT2D eigenvalue weighted by atomic mass is 9.54. The Morgan fingerprint density at radius 2 is 1.85 bits per heavy atom. The number of halogens is 1. The van der Waals surface area contributed by atoms with E-state index in [0.29, 0.717) is 22.2 Å². The van der Waals surface area contributed by atoms with Crippen LogP contribution in [-0.2, 0) is 0 Å². The van der Waals surface area contributed by atoms with Gasteiger partial charge in [0.15, 0.2) is 14.4 Å². The third kappa shape index (κ3) is 5.78. The van der Waals surface area contributed by atoms with Crippen LogP contribution in [0.5, 0.6) is 5.75 Å². The van der Waals surface area contributed by atoms with Crippen molar-refractivity contribution < 1.29 is 9.50 Å². The second-order valence-electron chi connectivity index (χ2n) is 12.1. The summed E-state index contributed by atoms with van der Waals surface area (Å²) in [6.07, 6.45) is 9.42. The summed E-state index contributed by atoms with van der Waals surface area (Å²) in [5.41, 5.74) is 1.85. The van der Waals surface area contributed by atoms with E-state index in [1.54, 1.807) is 24.5 Å². The molecule has 1 N–H and O–H groups in total. The maximum Gasteiger partial charge on any atom is 0.185 e. The standard InChI is InChI=1S/C28H33FN6OS4/c1-26-8-3-9-27(2,15-26)24(29)20(12-26)35(18-5-6-18)22-14-30-25(34-32-22)19-7-4-16(10-21(19)36)17-11-23(33-31-13-17)40-28(37,38)39/h4,7,10-11,13-14,18,20,24,36-39H,3,5-6,8-9,12,15H2,1-2H3/t20-,24-,26-,27-/m1/s1. The van der Waals surface area contributed by atoms with Crippen molar-refractivity contribution in [3.05, 3.63) is 36.7 Å². The van der Waals surface area contributed by atoms with Crippen molar-refractivity contribution in [3.8, 4) is 28.3 Å². The van der Waals surface area contributed by atoms with Gasteiger partial charge in [-0.1, -0.05) is 38.1 Å². The average molecular weight is 617 g/mol. The van der Waals surface area contributed by atoms with Crippen LogP contribution in [0.2, 0.25) is 0 Å². The molecule has 3 aliphatic rings. The molecule has 3 aromatic rings. The van der Waals surface area contributed by atoms with Gasteiger partial charge in [-0.25, -0.2) is 9.37 Å². The first-order valence-electron chi connectivity index (χ1n) is 13.6. The topological polar surface area (TPSA) is 87.9 Å². The Labute approximate surface area is 254 Å². The van der Waals surface area contributed by atoms with Crippen molar-refractivity contribution in [1.82, 2.24) is 25.4 Å². The van der Waals surface area contributed by atoms with E-state index in [0.717, 1.165) is 56.1 Å². The predicted octanol–water partition coefficient (Wildman–Crippen LogP) is 6.86. The fourth-order valence-corrected chi connectivity index (χ4v) is 8.28. The van der Waals surface area contributed by atoms with Gasteiger partial charge in [0.05, 0.1) is 24.0 Å². The van der Waals surface area contributed by atoms with Gasteiger partial charge in [0, 0.05) is 17.0 Å². The van der Waals surface area contributed by atoms with E-state index in [2.05, 4.69) is 82.0 Å². The molecule has 3 saturated carbocycles. The molecule has 0 unspecified atom stereocenters. The lowest BCUT2D eigenvalue weighted by molar-refractivity contribution is -0.0554. The van der Waals surface area contributed by atoms with E-state index < -0.39 is 8.91 Å². The number of hydrogen-bond acceptors (Lipinski definition) is 11. The Morgan fingerprint density at radius 3 is 2.52 bits per heavy atom. The first kappa shape index (κ1) is 28.4. The molecule has 4 atom stereocenters. The number of phenolic OH excluding ortho intramolecular Hbond substituents is 1. The number of thioether (sulfide) groups is 1. The number of alkyl halides is 1. The molecule has 0 saturated heterocycles. The zero-order valence-electron chi connectivity index (χ0n) is 22.4. The molecular weight excluding hydrogens is 584 g/mol. The molecule has 1 aromatic carbocycles. The number of nitrogens with zero attached hydrogens (tertiary/aromatic N) is 6. The zero-order chi connectivity index (χ0) is 28.3. The highest BCUT2D eigenvalue weighted by molar-refractivity contribution is 8.36. The van der Waals surface area contributed by atoms with Crippen molar-refractivity contribution in [3.63, 3.8) is 0 Å². The number of fused-ring (bicyclic) bond motifs is 2.